The van der Waals surface area contributed by atoms with E-state index in [0.717, 1.165) is 0 Å². The van der Waals surface area contributed by atoms with Crippen LogP contribution in [-0.2, 0) is 0 Å². The van der Waals surface area contributed by atoms with E-state index in [0.29, 0.717) is 16.4 Å². The number of ether oxygens (including phenoxy) is 1. The Morgan fingerprint density at radius 2 is 1.86 bits per heavy atom. The fourth-order valence-electron chi connectivity index (χ4n) is 2.30. The maximum atomic E-state index is 12.6. The van der Waals surface area contributed by atoms with Gasteiger partial charge in [-0.05, 0) is 36.4 Å². The molecule has 0 aliphatic rings. The summed E-state index contributed by atoms with van der Waals surface area (Å²) in [5.74, 6) is -0.680. The van der Waals surface area contributed by atoms with Gasteiger partial charge in [-0.25, -0.2) is 0 Å². The lowest BCUT2D eigenvalue weighted by atomic mass is 10.2. The van der Waals surface area contributed by atoms with Crippen LogP contribution in [0.25, 0.3) is 5.69 Å². The molecule has 0 saturated carbocycles. The maximum absolute atomic E-state index is 12.6. The zero-order valence-electron chi connectivity index (χ0n) is 13.9. The molecule has 28 heavy (non-hydrogen) atoms. The van der Waals surface area contributed by atoms with Crippen molar-refractivity contribution in [1.29, 1.82) is 0 Å². The number of carbonyl (C=O) groups excluding carboxylic acids is 1. The third-order valence-electron chi connectivity index (χ3n) is 3.49. The number of amides is 1. The molecule has 3 aromatic rings. The van der Waals surface area contributed by atoms with Crippen molar-refractivity contribution in [2.45, 2.75) is 5.57 Å². The summed E-state index contributed by atoms with van der Waals surface area (Å²) in [6, 6.07) is 9.31. The monoisotopic (exact) mass is 425 g/mol. The van der Waals surface area contributed by atoms with Gasteiger partial charge in [0, 0.05) is 35.7 Å². The van der Waals surface area contributed by atoms with E-state index in [1.165, 1.54) is 65.6 Å². The van der Waals surface area contributed by atoms with Crippen molar-refractivity contribution >= 4 is 34.8 Å². The van der Waals surface area contributed by atoms with Crippen molar-refractivity contribution < 1.29 is 18.3 Å². The van der Waals surface area contributed by atoms with Gasteiger partial charge in [0.05, 0.1) is 22.5 Å². The molecule has 0 fully saturated rings. The largest absolute Gasteiger partial charge is 0.487 e. The van der Waals surface area contributed by atoms with Crippen molar-refractivity contribution in [2.24, 2.45) is 0 Å². The minimum absolute atomic E-state index is 0.167. The second-order valence-corrected chi connectivity index (χ2v) is 6.39. The van der Waals surface area contributed by atoms with Crippen molar-refractivity contribution in [3.05, 3.63) is 82.0 Å². The van der Waals surface area contributed by atoms with E-state index in [-0.39, 0.29) is 16.9 Å². The highest BCUT2D eigenvalue weighted by atomic mass is 35.5. The summed E-state index contributed by atoms with van der Waals surface area (Å²) in [7, 11) is 0. The van der Waals surface area contributed by atoms with E-state index in [2.05, 4.69) is 15.0 Å². The summed E-state index contributed by atoms with van der Waals surface area (Å²) < 4.78 is 30.6. The number of pyridine rings is 2. The summed E-state index contributed by atoms with van der Waals surface area (Å²) in [5, 5.41) is 2.92. The Morgan fingerprint density at radius 3 is 2.50 bits per heavy atom. The summed E-state index contributed by atoms with van der Waals surface area (Å²) in [5.41, 5.74) is -3.28. The van der Waals surface area contributed by atoms with Gasteiger partial charge in [-0.3, -0.25) is 19.1 Å². The van der Waals surface area contributed by atoms with Crippen LogP contribution in [0, 0.1) is 0 Å². The first-order valence-corrected chi connectivity index (χ1v) is 8.48. The van der Waals surface area contributed by atoms with Crippen LogP contribution >= 0.6 is 23.2 Å². The Labute approximate surface area is 167 Å². The molecule has 10 heteroatoms. The van der Waals surface area contributed by atoms with Gasteiger partial charge < -0.3 is 10.1 Å². The van der Waals surface area contributed by atoms with E-state index in [1.807, 2.05) is 0 Å². The number of benzene rings is 1. The highest BCUT2D eigenvalue weighted by molar-refractivity contribution is 6.30. The number of hydrogen-bond donors (Lipinski definition) is 1. The molecule has 0 spiro atoms. The SMILES string of the molecule is O=C(Nc1ccc(OC(F)(F)Cl)cc1)c1ccc(=O)n(-c2cncc(Cl)c2)c1. The highest BCUT2D eigenvalue weighted by Gasteiger charge is 2.27. The van der Waals surface area contributed by atoms with E-state index in [4.69, 9.17) is 23.2 Å². The molecule has 0 saturated heterocycles. The van der Waals surface area contributed by atoms with Gasteiger partial charge in [0.1, 0.15) is 5.75 Å². The zero-order chi connectivity index (χ0) is 20.3. The van der Waals surface area contributed by atoms with Crippen molar-refractivity contribution in [3.63, 3.8) is 0 Å². The van der Waals surface area contributed by atoms with Crippen LogP contribution in [0.1, 0.15) is 10.4 Å². The van der Waals surface area contributed by atoms with Gasteiger partial charge in [0.2, 0.25) is 0 Å². The predicted octanol–water partition coefficient (Wildman–Crippen LogP) is 4.31. The van der Waals surface area contributed by atoms with Gasteiger partial charge in [0.25, 0.3) is 11.5 Å². The lowest BCUT2D eigenvalue weighted by Crippen LogP contribution is -2.21. The molecular formula is C18H11Cl2F2N3O3. The number of carbonyl (C=O) groups is 1. The normalized spacial score (nSPS) is 11.1. The first kappa shape index (κ1) is 19.8. The van der Waals surface area contributed by atoms with E-state index < -0.39 is 11.5 Å². The van der Waals surface area contributed by atoms with Gasteiger partial charge in [0.15, 0.2) is 0 Å². The number of rotatable bonds is 5. The zero-order valence-corrected chi connectivity index (χ0v) is 15.4. The summed E-state index contributed by atoms with van der Waals surface area (Å²) in [4.78, 5) is 28.4. The predicted molar refractivity (Wildman–Crippen MR) is 101 cm³/mol. The van der Waals surface area contributed by atoms with Crippen LogP contribution in [0.15, 0.2) is 65.8 Å². The Morgan fingerprint density at radius 1 is 1.14 bits per heavy atom. The van der Waals surface area contributed by atoms with Crippen LogP contribution in [0.2, 0.25) is 5.02 Å². The molecule has 3 rings (SSSR count). The minimum Gasteiger partial charge on any atom is -0.420 e. The Hall–Kier alpha value is -2.97. The molecule has 0 atom stereocenters. The lowest BCUT2D eigenvalue weighted by Gasteiger charge is -2.12. The third kappa shape index (κ3) is 5.05. The molecule has 2 heterocycles. The van der Waals surface area contributed by atoms with Crippen molar-refractivity contribution in [3.8, 4) is 11.4 Å². The standard InChI is InChI=1S/C18H11Cl2F2N3O3/c19-12-7-14(9-23-8-12)25-10-11(1-6-16(25)26)17(27)24-13-2-4-15(5-3-13)28-18(20,21)22/h1-10H,(H,24,27). The summed E-state index contributed by atoms with van der Waals surface area (Å²) in [6.07, 6.45) is 4.19. The molecule has 0 bridgehead atoms. The number of anilines is 1. The molecule has 1 aromatic carbocycles. The van der Waals surface area contributed by atoms with Crippen LogP contribution in [0.5, 0.6) is 5.75 Å². The van der Waals surface area contributed by atoms with Crippen LogP contribution in [0.4, 0.5) is 14.5 Å². The molecule has 0 aliphatic heterocycles. The number of nitrogens with one attached hydrogen (secondary N) is 1. The third-order valence-corrected chi connectivity index (χ3v) is 3.77. The average Bonchev–Trinajstić information content (AvgIpc) is 2.62. The number of aromatic nitrogens is 2. The van der Waals surface area contributed by atoms with Gasteiger partial charge in [-0.1, -0.05) is 11.6 Å². The Kier molecular flexibility index (Phi) is 5.62. The smallest absolute Gasteiger partial charge is 0.420 e. The van der Waals surface area contributed by atoms with Crippen molar-refractivity contribution in [1.82, 2.24) is 9.55 Å². The molecule has 6 nitrogen and oxygen atoms in total. The second-order valence-electron chi connectivity index (χ2n) is 5.51. The first-order chi connectivity index (χ1) is 13.2. The van der Waals surface area contributed by atoms with E-state index in [9.17, 15) is 18.4 Å². The molecule has 144 valence electrons. The highest BCUT2D eigenvalue weighted by Crippen LogP contribution is 2.26. The van der Waals surface area contributed by atoms with E-state index in [1.54, 1.807) is 0 Å². The van der Waals surface area contributed by atoms with Gasteiger partial charge in [-0.15, -0.1) is 8.78 Å². The Bertz CT molecular complexity index is 1070. The fraction of sp³-hybridized carbons (Fsp3) is 0.0556. The second kappa shape index (κ2) is 7.95. The summed E-state index contributed by atoms with van der Waals surface area (Å²) in [6.45, 7) is 0. The lowest BCUT2D eigenvalue weighted by molar-refractivity contribution is -0.0964. The topological polar surface area (TPSA) is 73.2 Å². The molecule has 2 aromatic heterocycles. The quantitative estimate of drug-likeness (QED) is 0.618. The molecule has 1 N–H and O–H groups in total. The van der Waals surface area contributed by atoms with Crippen LogP contribution < -0.4 is 15.6 Å². The first-order valence-electron chi connectivity index (χ1n) is 7.72. The fourth-order valence-corrected chi connectivity index (χ4v) is 2.56. The minimum atomic E-state index is -3.83. The Balaban J connectivity index is 1.80. The number of alkyl halides is 3. The van der Waals surface area contributed by atoms with Gasteiger partial charge in [-0.2, -0.15) is 0 Å². The summed E-state index contributed by atoms with van der Waals surface area (Å²) >= 11 is 10.6. The molecular weight excluding hydrogens is 415 g/mol. The average molecular weight is 426 g/mol. The van der Waals surface area contributed by atoms with E-state index >= 15 is 0 Å². The number of halogens is 4. The number of nitrogens with zero attached hydrogens (tertiary/aromatic N) is 2. The molecule has 0 radical (unpaired) electrons. The van der Waals surface area contributed by atoms with Gasteiger partial charge >= 0.3 is 5.57 Å². The van der Waals surface area contributed by atoms with Crippen molar-refractivity contribution in [2.75, 3.05) is 5.32 Å². The van der Waals surface area contributed by atoms with Crippen LogP contribution in [0.3, 0.4) is 0 Å². The molecule has 0 aliphatic carbocycles. The van der Waals surface area contributed by atoms with Crippen LogP contribution in [-0.4, -0.2) is 21.0 Å². The molecule has 0 unspecified atom stereocenters. The maximum Gasteiger partial charge on any atom is 0.487 e. The number of hydrogen-bond acceptors (Lipinski definition) is 4. The molecule has 1 amide bonds.